The van der Waals surface area contributed by atoms with Gasteiger partial charge in [-0.1, -0.05) is 35.6 Å². The van der Waals surface area contributed by atoms with E-state index in [0.29, 0.717) is 30.4 Å². The fourth-order valence-electron chi connectivity index (χ4n) is 3.73. The van der Waals surface area contributed by atoms with Gasteiger partial charge in [-0.05, 0) is 61.0 Å². The number of fused-ring (bicyclic) bond motifs is 1. The zero-order chi connectivity index (χ0) is 27.6. The van der Waals surface area contributed by atoms with Crippen LogP contribution in [-0.4, -0.2) is 62.4 Å². The maximum Gasteiger partial charge on any atom is 0.416 e. The second-order valence-electron chi connectivity index (χ2n) is 8.59. The van der Waals surface area contributed by atoms with Crippen LogP contribution in [0.1, 0.15) is 12.5 Å². The second kappa shape index (κ2) is 13.5. The number of amides is 1. The molecule has 0 unspecified atom stereocenters. The molecule has 3 aromatic carbocycles. The number of benzene rings is 3. The molecule has 4 aromatic rings. The Balaban J connectivity index is 1.37. The minimum atomic E-state index is -0.669. The number of aromatic nitrogens is 1. The van der Waals surface area contributed by atoms with E-state index in [1.165, 1.54) is 4.90 Å². The van der Waals surface area contributed by atoms with E-state index in [2.05, 4.69) is 16.0 Å². The number of nitrogens with zero attached hydrogens (tertiary/aromatic N) is 3. The third-order valence-corrected chi connectivity index (χ3v) is 6.88. The summed E-state index contributed by atoms with van der Waals surface area (Å²) in [5, 5.41) is 0.929. The van der Waals surface area contributed by atoms with Gasteiger partial charge in [0.15, 0.2) is 5.13 Å². The summed E-state index contributed by atoms with van der Waals surface area (Å²) < 4.78 is 22.8. The molecular formula is C29H31N3O6S. The van der Waals surface area contributed by atoms with Gasteiger partial charge >= 0.3 is 12.1 Å². The Morgan fingerprint density at radius 2 is 1.72 bits per heavy atom. The van der Waals surface area contributed by atoms with Crippen LogP contribution in [0.15, 0.2) is 72.8 Å². The fourth-order valence-corrected chi connectivity index (χ4v) is 4.68. The van der Waals surface area contributed by atoms with Crippen molar-refractivity contribution in [2.75, 3.05) is 45.4 Å². The summed E-state index contributed by atoms with van der Waals surface area (Å²) in [4.78, 5) is 33.2. The number of para-hydroxylation sites is 1. The highest BCUT2D eigenvalue weighted by molar-refractivity contribution is 7.22. The van der Waals surface area contributed by atoms with Crippen molar-refractivity contribution >= 4 is 38.7 Å². The molecule has 1 aromatic heterocycles. The van der Waals surface area contributed by atoms with Crippen molar-refractivity contribution in [1.29, 1.82) is 0 Å². The molecular weight excluding hydrogens is 518 g/mol. The van der Waals surface area contributed by atoms with Gasteiger partial charge < -0.3 is 23.8 Å². The van der Waals surface area contributed by atoms with E-state index in [9.17, 15) is 9.59 Å². The second-order valence-corrected chi connectivity index (χ2v) is 9.60. The monoisotopic (exact) mass is 549 g/mol. The predicted molar refractivity (Wildman–Crippen MR) is 151 cm³/mol. The Labute approximate surface area is 231 Å². The molecule has 1 heterocycles. The van der Waals surface area contributed by atoms with E-state index in [1.54, 1.807) is 49.6 Å². The van der Waals surface area contributed by atoms with Crippen molar-refractivity contribution in [2.24, 2.45) is 0 Å². The van der Waals surface area contributed by atoms with E-state index in [4.69, 9.17) is 18.9 Å². The van der Waals surface area contributed by atoms with Crippen LogP contribution in [0.5, 0.6) is 17.2 Å². The van der Waals surface area contributed by atoms with Crippen LogP contribution in [0.25, 0.3) is 10.2 Å². The number of anilines is 1. The van der Waals surface area contributed by atoms with Gasteiger partial charge in [-0.15, -0.1) is 0 Å². The lowest BCUT2D eigenvalue weighted by atomic mass is 10.2. The van der Waals surface area contributed by atoms with Gasteiger partial charge in [-0.3, -0.25) is 9.69 Å². The van der Waals surface area contributed by atoms with Crippen molar-refractivity contribution in [3.05, 3.63) is 78.4 Å². The summed E-state index contributed by atoms with van der Waals surface area (Å²) >= 11 is 1.64. The summed E-state index contributed by atoms with van der Waals surface area (Å²) in [5.41, 5.74) is 1.76. The van der Waals surface area contributed by atoms with Crippen LogP contribution < -0.4 is 19.1 Å². The normalized spacial score (nSPS) is 10.6. The molecule has 0 bridgehead atoms. The molecule has 0 saturated carbocycles. The fraction of sp³-hybridized carbons (Fsp3) is 0.276. The van der Waals surface area contributed by atoms with Crippen molar-refractivity contribution in [3.63, 3.8) is 0 Å². The molecule has 10 heteroatoms. The lowest BCUT2D eigenvalue weighted by Gasteiger charge is -2.21. The summed E-state index contributed by atoms with van der Waals surface area (Å²) in [6, 6.07) is 22.1. The lowest BCUT2D eigenvalue weighted by Crippen LogP contribution is -2.38. The molecule has 0 aliphatic carbocycles. The van der Waals surface area contributed by atoms with Gasteiger partial charge in [0.1, 0.15) is 30.4 Å². The van der Waals surface area contributed by atoms with Crippen LogP contribution >= 0.6 is 11.3 Å². The molecule has 0 saturated heterocycles. The number of likely N-dealkylation sites (N-methyl/N-ethyl adjacent to an activating group) is 1. The first kappa shape index (κ1) is 27.7. The van der Waals surface area contributed by atoms with Crippen molar-refractivity contribution in [3.8, 4) is 17.2 Å². The highest BCUT2D eigenvalue weighted by atomic mass is 32.1. The van der Waals surface area contributed by atoms with Crippen LogP contribution in [0.3, 0.4) is 0 Å². The summed E-state index contributed by atoms with van der Waals surface area (Å²) in [6.45, 7) is 2.91. The first-order valence-corrected chi connectivity index (χ1v) is 13.3. The van der Waals surface area contributed by atoms with Gasteiger partial charge in [0.05, 0.1) is 30.5 Å². The Kier molecular flexibility index (Phi) is 9.58. The van der Waals surface area contributed by atoms with Crippen LogP contribution in [-0.2, 0) is 16.1 Å². The number of rotatable bonds is 12. The summed E-state index contributed by atoms with van der Waals surface area (Å²) in [5.74, 6) is 1.12. The highest BCUT2D eigenvalue weighted by Crippen LogP contribution is 2.27. The molecule has 0 radical (unpaired) electrons. The number of carbonyl (C=O) groups excluding carboxylic acids is 2. The zero-order valence-electron chi connectivity index (χ0n) is 22.2. The Bertz CT molecular complexity index is 1360. The highest BCUT2D eigenvalue weighted by Gasteiger charge is 2.21. The van der Waals surface area contributed by atoms with Crippen LogP contribution in [0.4, 0.5) is 9.93 Å². The Morgan fingerprint density at radius 1 is 0.949 bits per heavy atom. The Morgan fingerprint density at radius 3 is 2.46 bits per heavy atom. The number of ether oxygens (including phenoxy) is 4. The first-order chi connectivity index (χ1) is 18.9. The third kappa shape index (κ3) is 7.84. The van der Waals surface area contributed by atoms with Gasteiger partial charge in [0.25, 0.3) is 0 Å². The molecule has 0 N–H and O–H groups in total. The predicted octanol–water partition coefficient (Wildman–Crippen LogP) is 5.38. The zero-order valence-corrected chi connectivity index (χ0v) is 23.0. The van der Waals surface area contributed by atoms with Gasteiger partial charge in [-0.2, -0.15) is 0 Å². The largest absolute Gasteiger partial charge is 0.497 e. The number of carbonyl (C=O) groups is 2. The van der Waals surface area contributed by atoms with Crippen molar-refractivity contribution in [1.82, 2.24) is 9.88 Å². The molecule has 4 rings (SSSR count). The number of hydrogen-bond acceptors (Lipinski definition) is 9. The molecule has 39 heavy (non-hydrogen) atoms. The van der Waals surface area contributed by atoms with E-state index in [0.717, 1.165) is 20.9 Å². The van der Waals surface area contributed by atoms with Gasteiger partial charge in [-0.25, -0.2) is 9.78 Å². The average Bonchev–Trinajstić information content (AvgIpc) is 3.38. The SMILES string of the molecule is CCOC(=O)CN(Cc1cccc(OCCN(C)c2nc3ccccc3s2)c1)C(=O)Oc1ccc(OC)cc1. The van der Waals surface area contributed by atoms with Gasteiger partial charge in [0, 0.05) is 13.6 Å². The van der Waals surface area contributed by atoms with Crippen LogP contribution in [0, 0.1) is 0 Å². The lowest BCUT2D eigenvalue weighted by molar-refractivity contribution is -0.144. The van der Waals surface area contributed by atoms with E-state index in [-0.39, 0.29) is 19.7 Å². The van der Waals surface area contributed by atoms with Crippen LogP contribution in [0.2, 0.25) is 0 Å². The quantitative estimate of drug-likeness (QED) is 0.218. The first-order valence-electron chi connectivity index (χ1n) is 12.5. The molecule has 9 nitrogen and oxygen atoms in total. The maximum absolute atomic E-state index is 13.0. The minimum Gasteiger partial charge on any atom is -0.497 e. The number of thiazole rings is 1. The Hall–Kier alpha value is -4.31. The smallest absolute Gasteiger partial charge is 0.416 e. The average molecular weight is 550 g/mol. The van der Waals surface area contributed by atoms with Crippen molar-refractivity contribution < 1.29 is 28.5 Å². The molecule has 204 valence electrons. The third-order valence-electron chi connectivity index (χ3n) is 5.72. The van der Waals surface area contributed by atoms with E-state index in [1.807, 2.05) is 49.5 Å². The number of esters is 1. The van der Waals surface area contributed by atoms with E-state index >= 15 is 0 Å². The molecule has 0 aliphatic rings. The number of methoxy groups -OCH3 is 1. The maximum atomic E-state index is 13.0. The summed E-state index contributed by atoms with van der Waals surface area (Å²) in [6.07, 6.45) is -0.669. The topological polar surface area (TPSA) is 90.4 Å². The summed E-state index contributed by atoms with van der Waals surface area (Å²) in [7, 11) is 3.54. The standard InChI is InChI=1S/C29H31N3O6S/c1-4-36-27(33)20-32(29(34)38-23-14-12-22(35-3)13-15-23)19-21-8-7-9-24(18-21)37-17-16-31(2)28-30-25-10-5-6-11-26(25)39-28/h5-15,18H,4,16-17,19-20H2,1-3H3. The molecule has 0 atom stereocenters. The number of hydrogen-bond donors (Lipinski definition) is 0. The molecule has 0 aliphatic heterocycles. The van der Waals surface area contributed by atoms with Gasteiger partial charge in [0.2, 0.25) is 0 Å². The van der Waals surface area contributed by atoms with E-state index < -0.39 is 12.1 Å². The molecule has 0 spiro atoms. The van der Waals surface area contributed by atoms with Crippen molar-refractivity contribution in [2.45, 2.75) is 13.5 Å². The molecule has 0 fully saturated rings. The minimum absolute atomic E-state index is 0.136. The molecule has 1 amide bonds.